The normalized spacial score (nSPS) is 14.9. The first-order valence-corrected chi connectivity index (χ1v) is 8.53. The molecule has 1 aliphatic rings. The lowest BCUT2D eigenvalue weighted by molar-refractivity contribution is -0.138. The Morgan fingerprint density at radius 1 is 1.19 bits per heavy atom. The van der Waals surface area contributed by atoms with E-state index in [-0.39, 0.29) is 6.04 Å². The third kappa shape index (κ3) is 4.47. The van der Waals surface area contributed by atoms with E-state index in [4.69, 9.17) is 4.74 Å². The highest BCUT2D eigenvalue weighted by Crippen LogP contribution is 2.32. The minimum absolute atomic E-state index is 0.205. The molecule has 6 nitrogen and oxygen atoms in total. The van der Waals surface area contributed by atoms with Gasteiger partial charge in [0.05, 0.1) is 23.4 Å². The van der Waals surface area contributed by atoms with Crippen molar-refractivity contribution in [1.29, 1.82) is 0 Å². The maximum atomic E-state index is 13.0. The number of carbonyl (C=O) groups is 2. The molecule has 1 aromatic heterocycles. The molecule has 1 aromatic carbocycles. The molecular weight excluding hydrogens is 363 g/mol. The van der Waals surface area contributed by atoms with Gasteiger partial charge in [-0.05, 0) is 25.0 Å². The first-order valence-electron chi connectivity index (χ1n) is 8.53. The van der Waals surface area contributed by atoms with E-state index < -0.39 is 35.8 Å². The fraction of sp³-hybridized carbons (Fsp3) is 0.389. The Morgan fingerprint density at radius 3 is 2.59 bits per heavy atom. The number of nitrogens with one attached hydrogen (secondary N) is 1. The number of halogens is 3. The summed E-state index contributed by atoms with van der Waals surface area (Å²) in [5, 5.41) is 6.78. The largest absolute Gasteiger partial charge is 0.452 e. The van der Waals surface area contributed by atoms with E-state index >= 15 is 0 Å². The highest BCUT2D eigenvalue weighted by Gasteiger charge is 2.35. The summed E-state index contributed by atoms with van der Waals surface area (Å²) >= 11 is 0. The van der Waals surface area contributed by atoms with Gasteiger partial charge in [0.15, 0.2) is 6.61 Å². The van der Waals surface area contributed by atoms with Gasteiger partial charge in [-0.1, -0.05) is 25.0 Å². The molecule has 1 saturated carbocycles. The van der Waals surface area contributed by atoms with Crippen LogP contribution in [0.15, 0.2) is 36.5 Å². The monoisotopic (exact) mass is 381 g/mol. The van der Waals surface area contributed by atoms with Gasteiger partial charge in [0.2, 0.25) is 0 Å². The van der Waals surface area contributed by atoms with E-state index in [9.17, 15) is 22.8 Å². The molecule has 1 heterocycles. The lowest BCUT2D eigenvalue weighted by Gasteiger charge is -2.15. The average molecular weight is 381 g/mol. The summed E-state index contributed by atoms with van der Waals surface area (Å²) in [4.78, 5) is 24.0. The van der Waals surface area contributed by atoms with Crippen molar-refractivity contribution in [1.82, 2.24) is 9.78 Å². The Kier molecular flexibility index (Phi) is 5.48. The van der Waals surface area contributed by atoms with Gasteiger partial charge in [0.1, 0.15) is 5.82 Å². The van der Waals surface area contributed by atoms with E-state index in [1.165, 1.54) is 12.1 Å². The van der Waals surface area contributed by atoms with E-state index in [1.54, 1.807) is 16.9 Å². The van der Waals surface area contributed by atoms with Crippen LogP contribution in [0, 0.1) is 0 Å². The van der Waals surface area contributed by atoms with Crippen molar-refractivity contribution in [3.05, 3.63) is 47.7 Å². The van der Waals surface area contributed by atoms with Crippen LogP contribution in [0.5, 0.6) is 0 Å². The van der Waals surface area contributed by atoms with Crippen LogP contribution in [0.3, 0.4) is 0 Å². The molecule has 1 fully saturated rings. The Bertz CT molecular complexity index is 826. The second-order valence-corrected chi connectivity index (χ2v) is 6.27. The highest BCUT2D eigenvalue weighted by molar-refractivity contribution is 5.95. The summed E-state index contributed by atoms with van der Waals surface area (Å²) in [5.41, 5.74) is -1.73. The van der Waals surface area contributed by atoms with Crippen molar-refractivity contribution in [2.45, 2.75) is 37.9 Å². The SMILES string of the molecule is O=C(COC(=O)c1ccccc1C(F)(F)F)Nc1ccnn1C1CCCC1. The summed E-state index contributed by atoms with van der Waals surface area (Å²) in [7, 11) is 0. The average Bonchev–Trinajstić information content (AvgIpc) is 3.30. The molecule has 27 heavy (non-hydrogen) atoms. The second-order valence-electron chi connectivity index (χ2n) is 6.27. The molecule has 2 aromatic rings. The zero-order valence-corrected chi connectivity index (χ0v) is 14.3. The molecule has 0 radical (unpaired) electrons. The van der Waals surface area contributed by atoms with Crippen LogP contribution < -0.4 is 5.32 Å². The van der Waals surface area contributed by atoms with Crippen LogP contribution in [-0.4, -0.2) is 28.3 Å². The molecule has 0 saturated heterocycles. The summed E-state index contributed by atoms with van der Waals surface area (Å²) in [6.07, 6.45) is 0.981. The molecular formula is C18H18F3N3O3. The minimum Gasteiger partial charge on any atom is -0.452 e. The number of benzene rings is 1. The lowest BCUT2D eigenvalue weighted by atomic mass is 10.1. The smallest absolute Gasteiger partial charge is 0.417 e. The zero-order chi connectivity index (χ0) is 19.4. The fourth-order valence-electron chi connectivity index (χ4n) is 3.15. The number of nitrogens with zero attached hydrogens (tertiary/aromatic N) is 2. The standard InChI is InChI=1S/C18H18F3N3O3/c19-18(20,21)14-8-4-3-7-13(14)17(26)27-11-16(25)23-15-9-10-22-24(15)12-5-1-2-6-12/h3-4,7-10,12H,1-2,5-6,11H2,(H,23,25). The van der Waals surface area contributed by atoms with Gasteiger partial charge >= 0.3 is 12.1 Å². The number of esters is 1. The summed E-state index contributed by atoms with van der Waals surface area (Å²) in [5.74, 6) is -1.38. The number of hydrogen-bond donors (Lipinski definition) is 1. The van der Waals surface area contributed by atoms with Crippen LogP contribution in [0.4, 0.5) is 19.0 Å². The van der Waals surface area contributed by atoms with Crippen LogP contribution in [0.25, 0.3) is 0 Å². The number of aromatic nitrogens is 2. The van der Waals surface area contributed by atoms with Gasteiger partial charge in [0, 0.05) is 6.07 Å². The molecule has 0 spiro atoms. The van der Waals surface area contributed by atoms with Gasteiger partial charge < -0.3 is 10.1 Å². The zero-order valence-electron chi connectivity index (χ0n) is 14.3. The van der Waals surface area contributed by atoms with Crippen molar-refractivity contribution < 1.29 is 27.5 Å². The molecule has 3 rings (SSSR count). The summed E-state index contributed by atoms with van der Waals surface area (Å²) in [6.45, 7) is -0.694. The van der Waals surface area contributed by atoms with Gasteiger partial charge in [0.25, 0.3) is 5.91 Å². The van der Waals surface area contributed by atoms with Gasteiger partial charge in [-0.15, -0.1) is 0 Å². The molecule has 0 atom stereocenters. The topological polar surface area (TPSA) is 73.2 Å². The molecule has 0 bridgehead atoms. The molecule has 0 aliphatic heterocycles. The highest BCUT2D eigenvalue weighted by atomic mass is 19.4. The van der Waals surface area contributed by atoms with E-state index in [2.05, 4.69) is 10.4 Å². The van der Waals surface area contributed by atoms with Crippen molar-refractivity contribution in [2.24, 2.45) is 0 Å². The molecule has 1 N–H and O–H groups in total. The predicted octanol–water partition coefficient (Wildman–Crippen LogP) is 3.81. The number of ether oxygens (including phenoxy) is 1. The third-order valence-corrected chi connectivity index (χ3v) is 4.40. The Labute approximate surface area is 153 Å². The Balaban J connectivity index is 1.60. The lowest BCUT2D eigenvalue weighted by Crippen LogP contribution is -2.24. The van der Waals surface area contributed by atoms with Crippen LogP contribution in [0.1, 0.15) is 47.6 Å². The maximum Gasteiger partial charge on any atom is 0.417 e. The van der Waals surface area contributed by atoms with Crippen molar-refractivity contribution in [3.8, 4) is 0 Å². The van der Waals surface area contributed by atoms with E-state index in [0.29, 0.717) is 5.82 Å². The number of anilines is 1. The molecule has 0 unspecified atom stereocenters. The van der Waals surface area contributed by atoms with E-state index in [1.807, 2.05) is 0 Å². The minimum atomic E-state index is -4.69. The van der Waals surface area contributed by atoms with Crippen molar-refractivity contribution in [3.63, 3.8) is 0 Å². The number of amides is 1. The molecule has 144 valence electrons. The van der Waals surface area contributed by atoms with Crippen LogP contribution in [-0.2, 0) is 15.7 Å². The van der Waals surface area contributed by atoms with Crippen LogP contribution >= 0.6 is 0 Å². The number of rotatable bonds is 5. The fourth-order valence-corrected chi connectivity index (χ4v) is 3.15. The van der Waals surface area contributed by atoms with Gasteiger partial charge in [-0.2, -0.15) is 18.3 Å². The first kappa shape index (κ1) is 18.9. The Hall–Kier alpha value is -2.84. The van der Waals surface area contributed by atoms with Gasteiger partial charge in [-0.25, -0.2) is 9.48 Å². The van der Waals surface area contributed by atoms with Crippen molar-refractivity contribution in [2.75, 3.05) is 11.9 Å². The summed E-state index contributed by atoms with van der Waals surface area (Å²) < 4.78 is 45.3. The molecule has 1 amide bonds. The second kappa shape index (κ2) is 7.81. The molecule has 1 aliphatic carbocycles. The Morgan fingerprint density at radius 2 is 1.89 bits per heavy atom. The third-order valence-electron chi connectivity index (χ3n) is 4.40. The summed E-state index contributed by atoms with van der Waals surface area (Å²) in [6, 6.07) is 6.10. The maximum absolute atomic E-state index is 13.0. The number of carbonyl (C=O) groups excluding carboxylic acids is 2. The first-order chi connectivity index (χ1) is 12.9. The number of alkyl halides is 3. The predicted molar refractivity (Wildman–Crippen MR) is 90.1 cm³/mol. The van der Waals surface area contributed by atoms with Crippen molar-refractivity contribution >= 4 is 17.7 Å². The van der Waals surface area contributed by atoms with E-state index in [0.717, 1.165) is 37.8 Å². The quantitative estimate of drug-likeness (QED) is 0.800. The number of hydrogen-bond acceptors (Lipinski definition) is 4. The molecule has 9 heteroatoms. The van der Waals surface area contributed by atoms with Crippen LogP contribution in [0.2, 0.25) is 0 Å². The van der Waals surface area contributed by atoms with Gasteiger partial charge in [-0.3, -0.25) is 4.79 Å².